The highest BCUT2D eigenvalue weighted by molar-refractivity contribution is 14.0. The van der Waals surface area contributed by atoms with Gasteiger partial charge >= 0.3 is 0 Å². The van der Waals surface area contributed by atoms with E-state index in [9.17, 15) is 0 Å². The van der Waals surface area contributed by atoms with Crippen molar-refractivity contribution in [1.29, 1.82) is 0 Å². The number of hydrogen-bond donors (Lipinski definition) is 2. The van der Waals surface area contributed by atoms with Crippen LogP contribution in [0.25, 0.3) is 22.6 Å². The van der Waals surface area contributed by atoms with Crippen molar-refractivity contribution in [2.24, 2.45) is 4.99 Å². The molecule has 0 bridgehead atoms. The van der Waals surface area contributed by atoms with Crippen molar-refractivity contribution in [3.8, 4) is 22.6 Å². The van der Waals surface area contributed by atoms with E-state index in [1.807, 2.05) is 60.6 Å². The fourth-order valence-corrected chi connectivity index (χ4v) is 3.46. The number of guanidine groups is 1. The van der Waals surface area contributed by atoms with Gasteiger partial charge < -0.3 is 19.7 Å². The summed E-state index contributed by atoms with van der Waals surface area (Å²) in [6.07, 6.45) is 2.42. The minimum absolute atomic E-state index is 0. The average Bonchev–Trinajstić information content (AvgIpc) is 3.47. The van der Waals surface area contributed by atoms with Gasteiger partial charge in [-0.15, -0.1) is 24.0 Å². The van der Waals surface area contributed by atoms with Crippen LogP contribution in [0.4, 0.5) is 0 Å². The Morgan fingerprint density at radius 3 is 2.70 bits per heavy atom. The topological polar surface area (TPSA) is 95.2 Å². The van der Waals surface area contributed by atoms with Crippen LogP contribution < -0.4 is 5.32 Å². The zero-order chi connectivity index (χ0) is 22.3. The third-order valence-electron chi connectivity index (χ3n) is 4.85. The number of aliphatic imine (C=N–C) groups is 1. The van der Waals surface area contributed by atoms with Crippen molar-refractivity contribution < 1.29 is 4.52 Å². The molecule has 0 unspecified atom stereocenters. The third kappa shape index (κ3) is 6.55. The molecule has 2 aromatic carbocycles. The maximum atomic E-state index is 6.04. The fourth-order valence-electron chi connectivity index (χ4n) is 3.27. The van der Waals surface area contributed by atoms with Crippen molar-refractivity contribution in [2.45, 2.75) is 13.0 Å². The van der Waals surface area contributed by atoms with E-state index in [0.29, 0.717) is 36.2 Å². The molecule has 0 radical (unpaired) electrons. The number of rotatable bonds is 7. The summed E-state index contributed by atoms with van der Waals surface area (Å²) in [5.74, 6) is 2.68. The van der Waals surface area contributed by atoms with Crippen molar-refractivity contribution in [1.82, 2.24) is 30.3 Å². The fraction of sp³-hybridized carbons (Fsp3) is 0.217. The number of nitrogens with one attached hydrogen (secondary N) is 2. The molecule has 10 heteroatoms. The number of nitrogens with zero attached hydrogens (tertiary/aromatic N) is 5. The Labute approximate surface area is 214 Å². The first-order valence-corrected chi connectivity index (χ1v) is 10.6. The van der Waals surface area contributed by atoms with E-state index in [1.54, 1.807) is 7.05 Å². The lowest BCUT2D eigenvalue weighted by Crippen LogP contribution is -2.39. The number of aromatic amines is 1. The van der Waals surface area contributed by atoms with Crippen LogP contribution in [-0.2, 0) is 13.0 Å². The molecule has 0 aliphatic heterocycles. The molecule has 8 nitrogen and oxygen atoms in total. The maximum absolute atomic E-state index is 6.04. The van der Waals surface area contributed by atoms with Gasteiger partial charge in [-0.05, 0) is 17.7 Å². The number of imidazole rings is 1. The second-order valence-corrected chi connectivity index (χ2v) is 7.65. The standard InChI is InChI=1S/C23H24ClN7O.HI/c1-25-23(31(2)15-20-27-14-19(28-20)16-7-4-3-5-8-16)26-12-11-21-29-22(30-32-21)17-9-6-10-18(24)13-17;/h3-10,13-14H,11-12,15H2,1-2H3,(H,25,26)(H,27,28);1H. The number of halogens is 2. The Hall–Kier alpha value is -2.92. The summed E-state index contributed by atoms with van der Waals surface area (Å²) in [6.45, 7) is 1.19. The zero-order valence-corrected chi connectivity index (χ0v) is 21.4. The van der Waals surface area contributed by atoms with Gasteiger partial charge in [0.25, 0.3) is 0 Å². The smallest absolute Gasteiger partial charge is 0.228 e. The van der Waals surface area contributed by atoms with Crippen LogP contribution >= 0.6 is 35.6 Å². The van der Waals surface area contributed by atoms with Crippen LogP contribution in [0, 0.1) is 0 Å². The Morgan fingerprint density at radius 2 is 1.94 bits per heavy atom. The molecule has 172 valence electrons. The molecular formula is C23H25ClIN7O. The molecule has 0 atom stereocenters. The SMILES string of the molecule is CN=C(NCCc1nc(-c2cccc(Cl)c2)no1)N(C)Cc1ncc(-c2ccccc2)[nH]1.I. The van der Waals surface area contributed by atoms with Gasteiger partial charge in [-0.1, -0.05) is 59.2 Å². The summed E-state index contributed by atoms with van der Waals surface area (Å²) in [5.41, 5.74) is 2.92. The number of H-pyrrole nitrogens is 1. The summed E-state index contributed by atoms with van der Waals surface area (Å²) >= 11 is 6.04. The highest BCUT2D eigenvalue weighted by atomic mass is 127. The van der Waals surface area contributed by atoms with Crippen molar-refractivity contribution >= 4 is 41.5 Å². The molecule has 2 N–H and O–H groups in total. The highest BCUT2D eigenvalue weighted by Crippen LogP contribution is 2.20. The van der Waals surface area contributed by atoms with E-state index in [1.165, 1.54) is 0 Å². The average molecular weight is 578 g/mol. The summed E-state index contributed by atoms with van der Waals surface area (Å²) in [5, 5.41) is 7.99. The van der Waals surface area contributed by atoms with Crippen LogP contribution in [-0.4, -0.2) is 51.6 Å². The summed E-state index contributed by atoms with van der Waals surface area (Å²) in [6, 6.07) is 17.5. The first-order valence-electron chi connectivity index (χ1n) is 10.2. The first kappa shape index (κ1) is 24.7. The molecule has 4 aromatic rings. The van der Waals surface area contributed by atoms with Crippen LogP contribution in [0.5, 0.6) is 0 Å². The quantitative estimate of drug-likeness (QED) is 0.189. The van der Waals surface area contributed by atoms with E-state index < -0.39 is 0 Å². The number of benzene rings is 2. The lowest BCUT2D eigenvalue weighted by molar-refractivity contribution is 0.377. The third-order valence-corrected chi connectivity index (χ3v) is 5.08. The lowest BCUT2D eigenvalue weighted by Gasteiger charge is -2.20. The lowest BCUT2D eigenvalue weighted by atomic mass is 10.2. The van der Waals surface area contributed by atoms with Crippen molar-refractivity contribution in [3.05, 3.63) is 77.5 Å². The Balaban J connectivity index is 0.00000306. The second kappa shape index (κ2) is 11.8. The van der Waals surface area contributed by atoms with E-state index in [-0.39, 0.29) is 24.0 Å². The molecule has 33 heavy (non-hydrogen) atoms. The maximum Gasteiger partial charge on any atom is 0.228 e. The molecule has 0 saturated carbocycles. The normalized spacial score (nSPS) is 11.2. The van der Waals surface area contributed by atoms with Crippen molar-refractivity contribution in [2.75, 3.05) is 20.6 Å². The molecule has 0 amide bonds. The van der Waals surface area contributed by atoms with Crippen LogP contribution in [0.2, 0.25) is 5.02 Å². The Bertz CT molecular complexity index is 1190. The Kier molecular flexibility index (Phi) is 8.84. The van der Waals surface area contributed by atoms with E-state index in [4.69, 9.17) is 16.1 Å². The van der Waals surface area contributed by atoms with Gasteiger partial charge in [0.2, 0.25) is 11.7 Å². The van der Waals surface area contributed by atoms with Crippen LogP contribution in [0.15, 0.2) is 70.3 Å². The van der Waals surface area contributed by atoms with Crippen LogP contribution in [0.1, 0.15) is 11.7 Å². The molecular weight excluding hydrogens is 553 g/mol. The summed E-state index contributed by atoms with van der Waals surface area (Å²) < 4.78 is 5.36. The number of hydrogen-bond acceptors (Lipinski definition) is 5. The second-order valence-electron chi connectivity index (χ2n) is 7.21. The van der Waals surface area contributed by atoms with Crippen molar-refractivity contribution in [3.63, 3.8) is 0 Å². The zero-order valence-electron chi connectivity index (χ0n) is 18.3. The summed E-state index contributed by atoms with van der Waals surface area (Å²) in [4.78, 5) is 18.7. The number of aromatic nitrogens is 4. The minimum Gasteiger partial charge on any atom is -0.356 e. The van der Waals surface area contributed by atoms with Gasteiger partial charge in [0.15, 0.2) is 5.96 Å². The van der Waals surface area contributed by atoms with Gasteiger partial charge in [0, 0.05) is 37.6 Å². The Morgan fingerprint density at radius 1 is 1.15 bits per heavy atom. The molecule has 0 spiro atoms. The molecule has 0 aliphatic carbocycles. The van der Waals surface area contributed by atoms with E-state index >= 15 is 0 Å². The molecule has 0 saturated heterocycles. The molecule has 0 fully saturated rings. The van der Waals surface area contributed by atoms with Crippen LogP contribution in [0.3, 0.4) is 0 Å². The van der Waals surface area contributed by atoms with Gasteiger partial charge in [0.05, 0.1) is 18.4 Å². The monoisotopic (exact) mass is 577 g/mol. The molecule has 0 aliphatic rings. The van der Waals surface area contributed by atoms with Gasteiger partial charge in [-0.25, -0.2) is 4.98 Å². The largest absolute Gasteiger partial charge is 0.356 e. The molecule has 2 aromatic heterocycles. The predicted octanol–water partition coefficient (Wildman–Crippen LogP) is 4.65. The van der Waals surface area contributed by atoms with Gasteiger partial charge in [-0.2, -0.15) is 4.98 Å². The predicted molar refractivity (Wildman–Crippen MR) is 141 cm³/mol. The van der Waals surface area contributed by atoms with Gasteiger partial charge in [0.1, 0.15) is 5.82 Å². The molecule has 2 heterocycles. The van der Waals surface area contributed by atoms with E-state index in [2.05, 4.69) is 42.6 Å². The summed E-state index contributed by atoms with van der Waals surface area (Å²) in [7, 11) is 3.71. The minimum atomic E-state index is 0. The molecule has 4 rings (SSSR count). The van der Waals surface area contributed by atoms with E-state index in [0.717, 1.165) is 28.6 Å². The first-order chi connectivity index (χ1) is 15.6. The highest BCUT2D eigenvalue weighted by Gasteiger charge is 2.12. The van der Waals surface area contributed by atoms with Gasteiger partial charge in [-0.3, -0.25) is 4.99 Å².